The molecule has 0 aliphatic carbocycles. The highest BCUT2D eigenvalue weighted by atomic mass is 35.5. The lowest BCUT2D eigenvalue weighted by atomic mass is 10.0. The fourth-order valence-corrected chi connectivity index (χ4v) is 5.09. The van der Waals surface area contributed by atoms with Crippen molar-refractivity contribution < 1.29 is 14.0 Å². The van der Waals surface area contributed by atoms with E-state index < -0.39 is 11.9 Å². The van der Waals surface area contributed by atoms with E-state index in [4.69, 9.17) is 23.2 Å². The summed E-state index contributed by atoms with van der Waals surface area (Å²) < 4.78 is 14.5. The van der Waals surface area contributed by atoms with Crippen molar-refractivity contribution in [2.24, 2.45) is 0 Å². The average molecular weight is 533 g/mol. The van der Waals surface area contributed by atoms with E-state index in [9.17, 15) is 14.0 Å². The van der Waals surface area contributed by atoms with Crippen LogP contribution < -0.4 is 5.32 Å². The first-order valence-corrected chi connectivity index (χ1v) is 13.2. The molecule has 3 aromatic carbocycles. The largest absolute Gasteiger partial charge is 0.355 e. The Balaban J connectivity index is 1.84. The summed E-state index contributed by atoms with van der Waals surface area (Å²) in [7, 11) is 0. The van der Waals surface area contributed by atoms with Gasteiger partial charge in [0, 0.05) is 40.9 Å². The van der Waals surface area contributed by atoms with Crippen molar-refractivity contribution in [1.29, 1.82) is 0 Å². The van der Waals surface area contributed by atoms with Crippen LogP contribution in [0, 0.1) is 5.82 Å². The van der Waals surface area contributed by atoms with Crippen molar-refractivity contribution in [3.8, 4) is 0 Å². The zero-order chi connectivity index (χ0) is 25.2. The summed E-state index contributed by atoms with van der Waals surface area (Å²) >= 11 is 13.6. The number of benzene rings is 3. The van der Waals surface area contributed by atoms with Gasteiger partial charge in [0.25, 0.3) is 0 Å². The van der Waals surface area contributed by atoms with Crippen LogP contribution in [0.2, 0.25) is 10.0 Å². The number of likely N-dealkylation sites (N-methyl/N-ethyl adjacent to an activating group) is 1. The topological polar surface area (TPSA) is 49.4 Å². The fourth-order valence-electron chi connectivity index (χ4n) is 3.63. The number of amides is 2. The molecule has 0 spiro atoms. The summed E-state index contributed by atoms with van der Waals surface area (Å²) in [5.41, 5.74) is 2.13. The molecular weight excluding hydrogens is 506 g/mol. The lowest BCUT2D eigenvalue weighted by Crippen LogP contribution is -2.51. The summed E-state index contributed by atoms with van der Waals surface area (Å²) in [5, 5.41) is 3.91. The van der Waals surface area contributed by atoms with Crippen molar-refractivity contribution in [1.82, 2.24) is 10.2 Å². The Morgan fingerprint density at radius 2 is 1.71 bits per heavy atom. The smallest absolute Gasteiger partial charge is 0.243 e. The molecule has 3 aromatic rings. The number of thioether (sulfide) groups is 1. The second-order valence-corrected chi connectivity index (χ2v) is 9.77. The second-order valence-electron chi connectivity index (χ2n) is 7.94. The molecule has 1 N–H and O–H groups in total. The Kier molecular flexibility index (Phi) is 10.5. The van der Waals surface area contributed by atoms with Gasteiger partial charge in [-0.05, 0) is 36.2 Å². The van der Waals surface area contributed by atoms with Crippen LogP contribution in [-0.4, -0.2) is 35.1 Å². The Hall–Kier alpha value is -2.54. The number of nitrogens with zero attached hydrogens (tertiary/aromatic N) is 1. The standard InChI is InChI=1S/C27H27Cl2FN2O2S/c1-2-31-27(34)25(14-19-8-4-3-5-9-19)32(16-20-10-6-7-11-24(20)30)26(33)18-35-17-21-12-13-22(28)15-23(21)29/h3-13,15,25H,2,14,16-18H2,1H3,(H,31,34)/t25-/m0/s1. The quantitative estimate of drug-likeness (QED) is 0.322. The molecule has 0 bridgehead atoms. The van der Waals surface area contributed by atoms with Gasteiger partial charge >= 0.3 is 0 Å². The number of halogens is 3. The molecule has 0 fully saturated rings. The normalized spacial score (nSPS) is 11.7. The molecule has 184 valence electrons. The van der Waals surface area contributed by atoms with Crippen LogP contribution in [0.25, 0.3) is 0 Å². The molecule has 4 nitrogen and oxygen atoms in total. The van der Waals surface area contributed by atoms with Crippen molar-refractivity contribution >= 4 is 46.8 Å². The van der Waals surface area contributed by atoms with Crippen LogP contribution in [0.1, 0.15) is 23.6 Å². The molecule has 0 aromatic heterocycles. The lowest BCUT2D eigenvalue weighted by Gasteiger charge is -2.31. The highest BCUT2D eigenvalue weighted by Gasteiger charge is 2.30. The minimum absolute atomic E-state index is 0.0115. The van der Waals surface area contributed by atoms with Crippen molar-refractivity contribution in [2.45, 2.75) is 31.7 Å². The third-order valence-electron chi connectivity index (χ3n) is 5.42. The van der Waals surface area contributed by atoms with Crippen molar-refractivity contribution in [2.75, 3.05) is 12.3 Å². The van der Waals surface area contributed by atoms with E-state index in [2.05, 4.69) is 5.32 Å². The van der Waals surface area contributed by atoms with Gasteiger partial charge < -0.3 is 10.2 Å². The molecule has 0 aliphatic heterocycles. The minimum Gasteiger partial charge on any atom is -0.355 e. The highest BCUT2D eigenvalue weighted by Crippen LogP contribution is 2.25. The van der Waals surface area contributed by atoms with Gasteiger partial charge in [-0.25, -0.2) is 4.39 Å². The van der Waals surface area contributed by atoms with Crippen LogP contribution in [0.5, 0.6) is 0 Å². The number of hydrogen-bond acceptors (Lipinski definition) is 3. The van der Waals surface area contributed by atoms with E-state index in [0.717, 1.165) is 11.1 Å². The molecule has 8 heteroatoms. The van der Waals surface area contributed by atoms with E-state index in [0.29, 0.717) is 34.3 Å². The molecule has 0 saturated carbocycles. The molecule has 1 atom stereocenters. The summed E-state index contributed by atoms with van der Waals surface area (Å²) in [5.74, 6) is -0.333. The molecule has 35 heavy (non-hydrogen) atoms. The summed E-state index contributed by atoms with van der Waals surface area (Å²) in [6.45, 7) is 2.24. The first-order valence-electron chi connectivity index (χ1n) is 11.2. The number of rotatable bonds is 11. The monoisotopic (exact) mass is 532 g/mol. The molecule has 2 amide bonds. The van der Waals surface area contributed by atoms with Crippen LogP contribution in [0.4, 0.5) is 4.39 Å². The number of carbonyl (C=O) groups excluding carboxylic acids is 2. The highest BCUT2D eigenvalue weighted by molar-refractivity contribution is 7.99. The van der Waals surface area contributed by atoms with E-state index in [1.54, 1.807) is 30.3 Å². The van der Waals surface area contributed by atoms with E-state index in [1.807, 2.05) is 43.3 Å². The second kappa shape index (κ2) is 13.5. The van der Waals surface area contributed by atoms with Gasteiger partial charge in [-0.2, -0.15) is 0 Å². The fraction of sp³-hybridized carbons (Fsp3) is 0.259. The Morgan fingerprint density at radius 1 is 1.00 bits per heavy atom. The molecule has 3 rings (SSSR count). The maximum atomic E-state index is 14.5. The van der Waals surface area contributed by atoms with Gasteiger partial charge in [-0.1, -0.05) is 77.8 Å². The molecule has 0 heterocycles. The van der Waals surface area contributed by atoms with E-state index in [1.165, 1.54) is 22.7 Å². The van der Waals surface area contributed by atoms with Gasteiger partial charge in [0.1, 0.15) is 11.9 Å². The molecule has 0 saturated heterocycles. The van der Waals surface area contributed by atoms with Gasteiger partial charge in [0.15, 0.2) is 0 Å². The first-order chi connectivity index (χ1) is 16.9. The number of nitrogens with one attached hydrogen (secondary N) is 1. The van der Waals surface area contributed by atoms with Crippen LogP contribution >= 0.6 is 35.0 Å². The summed E-state index contributed by atoms with van der Waals surface area (Å²) in [6, 6.07) is 20.3. The zero-order valence-corrected chi connectivity index (χ0v) is 21.7. The minimum atomic E-state index is -0.788. The van der Waals surface area contributed by atoms with E-state index >= 15 is 0 Å². The van der Waals surface area contributed by atoms with Gasteiger partial charge in [-0.3, -0.25) is 9.59 Å². The third-order valence-corrected chi connectivity index (χ3v) is 6.97. The van der Waals surface area contributed by atoms with Gasteiger partial charge in [0.2, 0.25) is 11.8 Å². The zero-order valence-electron chi connectivity index (χ0n) is 19.3. The van der Waals surface area contributed by atoms with Crippen LogP contribution in [-0.2, 0) is 28.3 Å². The molecule has 0 unspecified atom stereocenters. The average Bonchev–Trinajstić information content (AvgIpc) is 2.84. The maximum absolute atomic E-state index is 14.5. The summed E-state index contributed by atoms with van der Waals surface area (Å²) in [6.07, 6.45) is 0.320. The van der Waals surface area contributed by atoms with Crippen molar-refractivity contribution in [3.63, 3.8) is 0 Å². The third kappa shape index (κ3) is 7.99. The molecule has 0 radical (unpaired) electrons. The summed E-state index contributed by atoms with van der Waals surface area (Å²) in [4.78, 5) is 28.1. The molecule has 0 aliphatic rings. The van der Waals surface area contributed by atoms with Crippen molar-refractivity contribution in [3.05, 3.63) is 105 Å². The predicted molar refractivity (Wildman–Crippen MR) is 142 cm³/mol. The Labute approximate surface area is 219 Å². The Morgan fingerprint density at radius 3 is 2.40 bits per heavy atom. The van der Waals surface area contributed by atoms with Crippen LogP contribution in [0.3, 0.4) is 0 Å². The van der Waals surface area contributed by atoms with Crippen LogP contribution in [0.15, 0.2) is 72.8 Å². The van der Waals surface area contributed by atoms with Gasteiger partial charge in [-0.15, -0.1) is 11.8 Å². The Bertz CT molecular complexity index is 1150. The SMILES string of the molecule is CCNC(=O)[C@H](Cc1ccccc1)N(Cc1ccccc1F)C(=O)CSCc1ccc(Cl)cc1Cl. The number of carbonyl (C=O) groups is 2. The van der Waals surface area contributed by atoms with E-state index in [-0.39, 0.29) is 24.1 Å². The predicted octanol–water partition coefficient (Wildman–Crippen LogP) is 6.14. The lowest BCUT2D eigenvalue weighted by molar-refractivity contribution is -0.139. The maximum Gasteiger partial charge on any atom is 0.243 e. The first kappa shape index (κ1) is 27.1. The van der Waals surface area contributed by atoms with Gasteiger partial charge in [0.05, 0.1) is 5.75 Å². The molecular formula is C27H27Cl2FN2O2S. The number of hydrogen-bond donors (Lipinski definition) is 1.